The van der Waals surface area contributed by atoms with Crippen LogP contribution in [0.1, 0.15) is 16.1 Å². The zero-order valence-corrected chi connectivity index (χ0v) is 12.5. The smallest absolute Gasteiger partial charge is 0.259 e. The first-order chi connectivity index (χ1) is 10.1. The summed E-state index contributed by atoms with van der Waals surface area (Å²) in [5, 5.41) is 6.20. The summed E-state index contributed by atoms with van der Waals surface area (Å²) in [6.07, 6.45) is 2.87. The summed E-state index contributed by atoms with van der Waals surface area (Å²) in [5.74, 6) is -0.240. The van der Waals surface area contributed by atoms with Gasteiger partial charge in [0.1, 0.15) is 5.76 Å². The molecule has 0 atom stereocenters. The average molecular weight is 350 g/mol. The van der Waals surface area contributed by atoms with Gasteiger partial charge in [0, 0.05) is 10.0 Å². The molecule has 1 aromatic carbocycles. The fourth-order valence-electron chi connectivity index (χ4n) is 1.46. The second-order valence-electron chi connectivity index (χ2n) is 4.00. The van der Waals surface area contributed by atoms with E-state index in [-0.39, 0.29) is 12.5 Å². The van der Waals surface area contributed by atoms with E-state index in [9.17, 15) is 9.59 Å². The van der Waals surface area contributed by atoms with Gasteiger partial charge in [0.25, 0.3) is 11.8 Å². The Balaban J connectivity index is 1.77. The average Bonchev–Trinajstić information content (AvgIpc) is 2.98. The van der Waals surface area contributed by atoms with Gasteiger partial charge in [-0.25, -0.2) is 5.43 Å². The summed E-state index contributed by atoms with van der Waals surface area (Å²) in [4.78, 5) is 23.3. The molecule has 1 heterocycles. The molecule has 0 radical (unpaired) electrons. The molecule has 2 rings (SSSR count). The fraction of sp³-hybridized carbons (Fsp3) is 0.0714. The molecular weight excluding hydrogens is 338 g/mol. The maximum absolute atomic E-state index is 11.8. The van der Waals surface area contributed by atoms with Crippen molar-refractivity contribution in [3.63, 3.8) is 0 Å². The molecule has 0 aliphatic heterocycles. The van der Waals surface area contributed by atoms with Gasteiger partial charge in [0.05, 0.1) is 19.0 Å². The number of hydrogen-bond donors (Lipinski definition) is 2. The standard InChI is InChI=1S/C14H12BrN3O3/c15-11-4-1-3-10(7-11)14(20)16-9-13(19)18-17-8-12-5-2-6-21-12/h1-8H,9H2,(H,16,20)(H,18,19)/b17-8-. The van der Waals surface area contributed by atoms with Crippen LogP contribution in [0.25, 0.3) is 0 Å². The number of nitrogens with zero attached hydrogens (tertiary/aromatic N) is 1. The number of carbonyl (C=O) groups is 2. The topological polar surface area (TPSA) is 83.7 Å². The number of carbonyl (C=O) groups excluding carboxylic acids is 2. The Morgan fingerprint density at radius 1 is 1.29 bits per heavy atom. The monoisotopic (exact) mass is 349 g/mol. The molecule has 1 aromatic heterocycles. The highest BCUT2D eigenvalue weighted by molar-refractivity contribution is 9.10. The van der Waals surface area contributed by atoms with Crippen molar-refractivity contribution in [3.05, 3.63) is 58.5 Å². The van der Waals surface area contributed by atoms with Crippen LogP contribution in [0.3, 0.4) is 0 Å². The minimum absolute atomic E-state index is 0.166. The maximum atomic E-state index is 11.8. The largest absolute Gasteiger partial charge is 0.463 e. The van der Waals surface area contributed by atoms with E-state index in [2.05, 4.69) is 31.8 Å². The first-order valence-corrected chi connectivity index (χ1v) is 6.83. The molecule has 108 valence electrons. The third-order valence-electron chi connectivity index (χ3n) is 2.42. The van der Waals surface area contributed by atoms with Crippen molar-refractivity contribution in [1.29, 1.82) is 0 Å². The molecule has 0 aliphatic rings. The molecule has 2 aromatic rings. The van der Waals surface area contributed by atoms with E-state index in [0.717, 1.165) is 4.47 Å². The van der Waals surface area contributed by atoms with E-state index in [1.54, 1.807) is 30.3 Å². The van der Waals surface area contributed by atoms with Gasteiger partial charge in [-0.3, -0.25) is 9.59 Å². The minimum atomic E-state index is -0.429. The normalized spacial score (nSPS) is 10.5. The number of nitrogens with one attached hydrogen (secondary N) is 2. The van der Waals surface area contributed by atoms with Crippen molar-refractivity contribution >= 4 is 34.0 Å². The van der Waals surface area contributed by atoms with Gasteiger partial charge in [0.15, 0.2) is 0 Å². The zero-order valence-electron chi connectivity index (χ0n) is 10.9. The van der Waals surface area contributed by atoms with Gasteiger partial charge < -0.3 is 9.73 Å². The minimum Gasteiger partial charge on any atom is -0.463 e. The highest BCUT2D eigenvalue weighted by Crippen LogP contribution is 2.11. The summed E-state index contributed by atoms with van der Waals surface area (Å²) < 4.78 is 5.80. The summed E-state index contributed by atoms with van der Waals surface area (Å²) in [6, 6.07) is 10.3. The lowest BCUT2D eigenvalue weighted by Gasteiger charge is -2.04. The van der Waals surface area contributed by atoms with Crippen LogP contribution in [0.5, 0.6) is 0 Å². The lowest BCUT2D eigenvalue weighted by Crippen LogP contribution is -2.34. The second-order valence-corrected chi connectivity index (χ2v) is 4.92. The van der Waals surface area contributed by atoms with E-state index >= 15 is 0 Å². The van der Waals surface area contributed by atoms with Gasteiger partial charge in [-0.2, -0.15) is 5.10 Å². The summed E-state index contributed by atoms with van der Waals surface area (Å²) in [5.41, 5.74) is 2.75. The Kier molecular flexibility index (Phi) is 5.28. The number of furan rings is 1. The highest BCUT2D eigenvalue weighted by Gasteiger charge is 2.07. The van der Waals surface area contributed by atoms with Gasteiger partial charge in [-0.05, 0) is 30.3 Å². The van der Waals surface area contributed by atoms with Crippen molar-refractivity contribution in [2.75, 3.05) is 6.54 Å². The first-order valence-electron chi connectivity index (χ1n) is 6.04. The first kappa shape index (κ1) is 15.0. The third-order valence-corrected chi connectivity index (χ3v) is 2.91. The lowest BCUT2D eigenvalue weighted by molar-refractivity contribution is -0.120. The lowest BCUT2D eigenvalue weighted by atomic mass is 10.2. The highest BCUT2D eigenvalue weighted by atomic mass is 79.9. The van der Waals surface area contributed by atoms with Crippen LogP contribution >= 0.6 is 15.9 Å². The van der Waals surface area contributed by atoms with Gasteiger partial charge >= 0.3 is 0 Å². The van der Waals surface area contributed by atoms with Crippen LogP contribution in [0.15, 0.2) is 56.7 Å². The SMILES string of the molecule is O=C(CNC(=O)c1cccc(Br)c1)N/N=C\c1ccco1. The van der Waals surface area contributed by atoms with Gasteiger partial charge in [-0.15, -0.1) is 0 Å². The molecule has 0 fully saturated rings. The Morgan fingerprint density at radius 3 is 2.86 bits per heavy atom. The van der Waals surface area contributed by atoms with E-state index in [0.29, 0.717) is 11.3 Å². The fourth-order valence-corrected chi connectivity index (χ4v) is 1.86. The molecule has 0 saturated carbocycles. The molecule has 7 heteroatoms. The van der Waals surface area contributed by atoms with Crippen LogP contribution in [-0.2, 0) is 4.79 Å². The summed E-state index contributed by atoms with van der Waals surface area (Å²) >= 11 is 3.28. The maximum Gasteiger partial charge on any atom is 0.259 e. The molecular formula is C14H12BrN3O3. The Bertz CT molecular complexity index is 653. The van der Waals surface area contributed by atoms with Crippen LogP contribution in [0.2, 0.25) is 0 Å². The Morgan fingerprint density at radius 2 is 2.14 bits per heavy atom. The molecule has 21 heavy (non-hydrogen) atoms. The van der Waals surface area contributed by atoms with Crippen molar-refractivity contribution in [1.82, 2.24) is 10.7 Å². The van der Waals surface area contributed by atoms with E-state index in [1.165, 1.54) is 12.5 Å². The summed E-state index contributed by atoms with van der Waals surface area (Å²) in [6.45, 7) is -0.166. The number of hydrogen-bond acceptors (Lipinski definition) is 4. The predicted molar refractivity (Wildman–Crippen MR) is 80.9 cm³/mol. The molecule has 2 amide bonds. The molecule has 0 unspecified atom stereocenters. The summed E-state index contributed by atoms with van der Waals surface area (Å²) in [7, 11) is 0. The van der Waals surface area contributed by atoms with E-state index < -0.39 is 5.91 Å². The van der Waals surface area contributed by atoms with Crippen molar-refractivity contribution < 1.29 is 14.0 Å². The Hall–Kier alpha value is -2.41. The number of halogens is 1. The van der Waals surface area contributed by atoms with Gasteiger partial charge in [0.2, 0.25) is 0 Å². The van der Waals surface area contributed by atoms with Crippen LogP contribution in [0.4, 0.5) is 0 Å². The van der Waals surface area contributed by atoms with Crippen LogP contribution in [0, 0.1) is 0 Å². The number of benzene rings is 1. The van der Waals surface area contributed by atoms with Crippen molar-refractivity contribution in [2.24, 2.45) is 5.10 Å². The quantitative estimate of drug-likeness (QED) is 0.638. The zero-order chi connectivity index (χ0) is 15.1. The number of hydrazone groups is 1. The molecule has 0 spiro atoms. The molecule has 0 saturated heterocycles. The predicted octanol–water partition coefficient (Wildman–Crippen LogP) is 1.92. The molecule has 0 bridgehead atoms. The van der Waals surface area contributed by atoms with Crippen molar-refractivity contribution in [3.8, 4) is 0 Å². The van der Waals surface area contributed by atoms with Crippen LogP contribution in [-0.4, -0.2) is 24.6 Å². The number of amides is 2. The van der Waals surface area contributed by atoms with Crippen LogP contribution < -0.4 is 10.7 Å². The van der Waals surface area contributed by atoms with E-state index in [1.807, 2.05) is 6.07 Å². The van der Waals surface area contributed by atoms with Gasteiger partial charge in [-0.1, -0.05) is 22.0 Å². The molecule has 0 aliphatic carbocycles. The molecule has 2 N–H and O–H groups in total. The third kappa shape index (κ3) is 4.88. The second kappa shape index (κ2) is 7.39. The van der Waals surface area contributed by atoms with Crippen molar-refractivity contribution in [2.45, 2.75) is 0 Å². The Labute approximate surface area is 129 Å². The van der Waals surface area contributed by atoms with E-state index in [4.69, 9.17) is 4.42 Å². The number of rotatable bonds is 5. The molecule has 6 nitrogen and oxygen atoms in total.